The molecule has 1 aliphatic heterocycles. The number of anilines is 1. The van der Waals surface area contributed by atoms with Gasteiger partial charge in [-0.2, -0.15) is 0 Å². The highest BCUT2D eigenvalue weighted by Gasteiger charge is 2.27. The molecule has 1 aliphatic rings. The summed E-state index contributed by atoms with van der Waals surface area (Å²) in [5, 5.41) is 0. The number of hydrogen-bond donors (Lipinski definition) is 0. The van der Waals surface area contributed by atoms with E-state index in [1.165, 1.54) is 22.4 Å². The minimum atomic E-state index is 0.278. The van der Waals surface area contributed by atoms with E-state index in [4.69, 9.17) is 0 Å². The summed E-state index contributed by atoms with van der Waals surface area (Å²) in [7, 11) is 0. The lowest BCUT2D eigenvalue weighted by atomic mass is 9.96. The molecule has 3 aromatic rings. The summed E-state index contributed by atoms with van der Waals surface area (Å²) in [6, 6.07) is 26.1. The van der Waals surface area contributed by atoms with Gasteiger partial charge in [0.1, 0.15) is 6.29 Å². The largest absolute Gasteiger partial charge is 0.369 e. The van der Waals surface area contributed by atoms with Crippen molar-refractivity contribution >= 4 is 12.0 Å². The van der Waals surface area contributed by atoms with Crippen LogP contribution in [0.5, 0.6) is 0 Å². The summed E-state index contributed by atoms with van der Waals surface area (Å²) in [5.74, 6) is 0. The standard InChI is InChI=1S/C26H28N2O/c1-20-18-25(21(2)17-24(20)19-29)27-13-15-28(16-14-27)26(22-9-5-3-6-10-22)23-11-7-4-8-12-23/h3-12,17-19,26H,13-16H2,1-2H3. The molecule has 3 heteroatoms. The highest BCUT2D eigenvalue weighted by atomic mass is 16.1. The van der Waals surface area contributed by atoms with E-state index in [1.54, 1.807) is 0 Å². The predicted molar refractivity (Wildman–Crippen MR) is 120 cm³/mol. The van der Waals surface area contributed by atoms with Gasteiger partial charge in [0.15, 0.2) is 0 Å². The lowest BCUT2D eigenvalue weighted by Gasteiger charge is -2.41. The third-order valence-corrected chi connectivity index (χ3v) is 5.96. The highest BCUT2D eigenvalue weighted by Crippen LogP contribution is 2.31. The van der Waals surface area contributed by atoms with Crippen molar-refractivity contribution in [2.75, 3.05) is 31.1 Å². The molecule has 1 fully saturated rings. The molecule has 0 aliphatic carbocycles. The molecule has 0 spiro atoms. The molecule has 1 saturated heterocycles. The number of aryl methyl sites for hydroxylation is 2. The summed E-state index contributed by atoms with van der Waals surface area (Å²) < 4.78 is 0. The number of nitrogens with zero attached hydrogens (tertiary/aromatic N) is 2. The Kier molecular flexibility index (Phi) is 5.77. The van der Waals surface area contributed by atoms with Crippen LogP contribution >= 0.6 is 0 Å². The van der Waals surface area contributed by atoms with Crippen molar-refractivity contribution in [2.45, 2.75) is 19.9 Å². The second kappa shape index (κ2) is 8.62. The molecular weight excluding hydrogens is 356 g/mol. The summed E-state index contributed by atoms with van der Waals surface area (Å²) in [4.78, 5) is 16.3. The molecule has 0 unspecified atom stereocenters. The van der Waals surface area contributed by atoms with Gasteiger partial charge in [0.2, 0.25) is 0 Å². The molecule has 0 N–H and O–H groups in total. The van der Waals surface area contributed by atoms with Crippen LogP contribution in [0.1, 0.15) is 38.7 Å². The monoisotopic (exact) mass is 384 g/mol. The van der Waals surface area contributed by atoms with Crippen molar-refractivity contribution in [1.82, 2.24) is 4.90 Å². The second-order valence-electron chi connectivity index (χ2n) is 7.86. The molecule has 3 aromatic carbocycles. The molecule has 0 bridgehead atoms. The van der Waals surface area contributed by atoms with E-state index in [0.29, 0.717) is 0 Å². The smallest absolute Gasteiger partial charge is 0.150 e. The van der Waals surface area contributed by atoms with E-state index in [1.807, 2.05) is 13.0 Å². The van der Waals surface area contributed by atoms with Gasteiger partial charge >= 0.3 is 0 Å². The van der Waals surface area contributed by atoms with Crippen LogP contribution in [-0.4, -0.2) is 37.4 Å². The van der Waals surface area contributed by atoms with Crippen LogP contribution in [-0.2, 0) is 0 Å². The van der Waals surface area contributed by atoms with E-state index in [-0.39, 0.29) is 6.04 Å². The Morgan fingerprint density at radius 1 is 0.759 bits per heavy atom. The molecule has 0 atom stereocenters. The molecule has 0 saturated carbocycles. The van der Waals surface area contributed by atoms with Crippen molar-refractivity contribution in [1.29, 1.82) is 0 Å². The fourth-order valence-corrected chi connectivity index (χ4v) is 4.40. The topological polar surface area (TPSA) is 23.6 Å². The summed E-state index contributed by atoms with van der Waals surface area (Å²) in [6.45, 7) is 8.09. The summed E-state index contributed by atoms with van der Waals surface area (Å²) >= 11 is 0. The Morgan fingerprint density at radius 3 is 1.83 bits per heavy atom. The normalized spacial score (nSPS) is 14.9. The van der Waals surface area contributed by atoms with Crippen molar-refractivity contribution in [3.05, 3.63) is 101 Å². The van der Waals surface area contributed by atoms with Crippen LogP contribution in [0.3, 0.4) is 0 Å². The minimum absolute atomic E-state index is 0.278. The van der Waals surface area contributed by atoms with Crippen LogP contribution in [0.15, 0.2) is 72.8 Å². The van der Waals surface area contributed by atoms with Crippen molar-refractivity contribution in [2.24, 2.45) is 0 Å². The zero-order valence-corrected chi connectivity index (χ0v) is 17.2. The maximum absolute atomic E-state index is 11.2. The fraction of sp³-hybridized carbons (Fsp3) is 0.269. The van der Waals surface area contributed by atoms with Gasteiger partial charge in [-0.3, -0.25) is 9.69 Å². The van der Waals surface area contributed by atoms with Gasteiger partial charge in [0, 0.05) is 37.4 Å². The second-order valence-corrected chi connectivity index (χ2v) is 7.86. The lowest BCUT2D eigenvalue weighted by molar-refractivity contribution is 0.112. The quantitative estimate of drug-likeness (QED) is 0.577. The Labute approximate surface area is 173 Å². The predicted octanol–water partition coefficient (Wildman–Crippen LogP) is 5.03. The molecular formula is C26H28N2O. The van der Waals surface area contributed by atoms with E-state index >= 15 is 0 Å². The number of carbonyl (C=O) groups is 1. The molecule has 0 amide bonds. The minimum Gasteiger partial charge on any atom is -0.369 e. The Morgan fingerprint density at radius 2 is 1.31 bits per heavy atom. The van der Waals surface area contributed by atoms with E-state index in [9.17, 15) is 4.79 Å². The van der Waals surface area contributed by atoms with Gasteiger partial charge < -0.3 is 4.90 Å². The lowest BCUT2D eigenvalue weighted by Crippen LogP contribution is -2.48. The third kappa shape index (κ3) is 4.10. The molecule has 4 rings (SSSR count). The number of piperazine rings is 1. The molecule has 0 radical (unpaired) electrons. The molecule has 1 heterocycles. The summed E-state index contributed by atoms with van der Waals surface area (Å²) in [6.07, 6.45) is 0.953. The number of benzene rings is 3. The van der Waals surface area contributed by atoms with E-state index < -0.39 is 0 Å². The van der Waals surface area contributed by atoms with Gasteiger partial charge in [0.05, 0.1) is 6.04 Å². The van der Waals surface area contributed by atoms with Gasteiger partial charge in [0.25, 0.3) is 0 Å². The first-order chi connectivity index (χ1) is 14.2. The van der Waals surface area contributed by atoms with Crippen molar-refractivity contribution in [3.8, 4) is 0 Å². The first-order valence-electron chi connectivity index (χ1n) is 10.3. The van der Waals surface area contributed by atoms with Crippen molar-refractivity contribution < 1.29 is 4.79 Å². The Bertz CT molecular complexity index is 921. The van der Waals surface area contributed by atoms with E-state index in [0.717, 1.165) is 43.6 Å². The van der Waals surface area contributed by atoms with Crippen molar-refractivity contribution in [3.63, 3.8) is 0 Å². The average molecular weight is 385 g/mol. The van der Waals surface area contributed by atoms with Gasteiger partial charge in [-0.05, 0) is 48.2 Å². The maximum atomic E-state index is 11.2. The number of hydrogen-bond acceptors (Lipinski definition) is 3. The van der Waals surface area contributed by atoms with Crippen LogP contribution in [0.4, 0.5) is 5.69 Å². The zero-order valence-electron chi connectivity index (χ0n) is 17.2. The van der Waals surface area contributed by atoms with Crippen LogP contribution in [0, 0.1) is 13.8 Å². The van der Waals surface area contributed by atoms with Crippen LogP contribution in [0.2, 0.25) is 0 Å². The SMILES string of the molecule is Cc1cc(N2CCN(C(c3ccccc3)c3ccccc3)CC2)c(C)cc1C=O. The molecule has 0 aromatic heterocycles. The Balaban J connectivity index is 1.56. The highest BCUT2D eigenvalue weighted by molar-refractivity contribution is 5.79. The maximum Gasteiger partial charge on any atom is 0.150 e. The van der Waals surface area contributed by atoms with E-state index in [2.05, 4.69) is 83.5 Å². The number of rotatable bonds is 5. The third-order valence-electron chi connectivity index (χ3n) is 5.96. The first-order valence-corrected chi connectivity index (χ1v) is 10.3. The number of carbonyl (C=O) groups excluding carboxylic acids is 1. The first kappa shape index (κ1) is 19.4. The van der Waals surface area contributed by atoms with Crippen LogP contribution < -0.4 is 4.90 Å². The van der Waals surface area contributed by atoms with Gasteiger partial charge in [-0.1, -0.05) is 60.7 Å². The zero-order chi connectivity index (χ0) is 20.2. The van der Waals surface area contributed by atoms with Crippen LogP contribution in [0.25, 0.3) is 0 Å². The van der Waals surface area contributed by atoms with Gasteiger partial charge in [-0.25, -0.2) is 0 Å². The van der Waals surface area contributed by atoms with Gasteiger partial charge in [-0.15, -0.1) is 0 Å². The molecule has 3 nitrogen and oxygen atoms in total. The number of aldehydes is 1. The fourth-order valence-electron chi connectivity index (χ4n) is 4.40. The average Bonchev–Trinajstić information content (AvgIpc) is 2.77. The molecule has 148 valence electrons. The Hall–Kier alpha value is -2.91. The summed E-state index contributed by atoms with van der Waals surface area (Å²) in [5.41, 5.74) is 6.95. The molecule has 29 heavy (non-hydrogen) atoms.